The molecular weight excluding hydrogens is 1040 g/mol. The van der Waals surface area contributed by atoms with Crippen LogP contribution in [0.15, 0.2) is 84.9 Å². The molecule has 0 amide bonds. The predicted molar refractivity (Wildman–Crippen MR) is 210 cm³/mol. The van der Waals surface area contributed by atoms with E-state index < -0.39 is 129 Å². The Balaban J connectivity index is 1.53. The molecule has 30 heteroatoms. The summed E-state index contributed by atoms with van der Waals surface area (Å²) in [5.41, 5.74) is -26.4. The van der Waals surface area contributed by atoms with Crippen LogP contribution in [0.1, 0.15) is 31.8 Å². The maximum atomic E-state index is 14.0. The molecule has 0 aromatic heterocycles. The molecular formula is C38H14F12O14S4. The van der Waals surface area contributed by atoms with Gasteiger partial charge in [-0.2, -0.15) is 86.4 Å². The SMILES string of the molecule is O=C1c2cc3ccccc3cc2C(=O)c2cc3cc4c5cc(OS(=O)(=O)C(F)(F)F)c(OS(=O)(=O)C(F)(F)F)cc5c5cc(OS(=O)(=O)C(F)(F)F)c(OS(=O)(=O)C(F)(F)F)cc5c4cc3cc21. The number of alkyl halides is 12. The van der Waals surface area contributed by atoms with Crippen LogP contribution in [0.2, 0.25) is 0 Å². The van der Waals surface area contributed by atoms with Gasteiger partial charge in [0, 0.05) is 22.3 Å². The van der Waals surface area contributed by atoms with Gasteiger partial charge < -0.3 is 16.7 Å². The van der Waals surface area contributed by atoms with Gasteiger partial charge in [0.2, 0.25) is 0 Å². The maximum Gasteiger partial charge on any atom is 0.534 e. The van der Waals surface area contributed by atoms with E-state index in [2.05, 4.69) is 16.7 Å². The lowest BCUT2D eigenvalue weighted by Crippen LogP contribution is -2.30. The fraction of sp³-hybridized carbons (Fsp3) is 0.105. The summed E-state index contributed by atoms with van der Waals surface area (Å²) < 4.78 is 277. The average Bonchev–Trinajstić information content (AvgIpc) is 3.20. The maximum absolute atomic E-state index is 14.0. The number of benzene rings is 7. The van der Waals surface area contributed by atoms with Gasteiger partial charge in [-0.05, 0) is 115 Å². The molecule has 14 nitrogen and oxygen atoms in total. The monoisotopic (exact) mass is 1050 g/mol. The zero-order valence-corrected chi connectivity index (χ0v) is 35.2. The van der Waals surface area contributed by atoms with Gasteiger partial charge in [0.05, 0.1) is 0 Å². The minimum Gasteiger partial charge on any atom is -0.372 e. The van der Waals surface area contributed by atoms with E-state index in [9.17, 15) is 95.9 Å². The molecule has 0 bridgehead atoms. The molecule has 0 radical (unpaired) electrons. The molecule has 1 aliphatic carbocycles. The zero-order chi connectivity index (χ0) is 50.3. The standard InChI is InChI=1S/C38H14F12O14S4/c39-35(40,41)65(53,54)61-29-11-21-19-7-17-9-27-28(34(52)26-6-16-4-2-1-3-15(16)5-25(26)33(27)51)10-18(17)8-20(19)22-12-30(62-66(55,56)36(42,43)44)32(64-68(59,60)38(48,49)50)14-24(22)23(21)13-31(29)63-67(57,58)37(45,46)47/h1-14H. The van der Waals surface area contributed by atoms with Gasteiger partial charge in [0.1, 0.15) is 0 Å². The number of ketones is 2. The molecule has 0 fully saturated rings. The van der Waals surface area contributed by atoms with E-state index in [0.717, 1.165) is 24.3 Å². The van der Waals surface area contributed by atoms with Crippen LogP contribution in [0.5, 0.6) is 23.0 Å². The first-order chi connectivity index (χ1) is 31.0. The topological polar surface area (TPSA) is 208 Å². The zero-order valence-electron chi connectivity index (χ0n) is 32.0. The summed E-state index contributed by atoms with van der Waals surface area (Å²) in [4.78, 5) is 27.9. The minimum atomic E-state index is -7.04. The number of hydrogen-bond donors (Lipinski definition) is 0. The molecule has 0 aliphatic heterocycles. The van der Waals surface area contributed by atoms with E-state index in [1.807, 2.05) is 0 Å². The van der Waals surface area contributed by atoms with Crippen LogP contribution in [-0.4, -0.2) is 67.3 Å². The van der Waals surface area contributed by atoms with Gasteiger partial charge in [-0.1, -0.05) is 24.3 Å². The first-order valence-electron chi connectivity index (χ1n) is 17.7. The van der Waals surface area contributed by atoms with Crippen molar-refractivity contribution < 1.29 is 113 Å². The highest BCUT2D eigenvalue weighted by Gasteiger charge is 2.53. The highest BCUT2D eigenvalue weighted by atomic mass is 32.2. The highest BCUT2D eigenvalue weighted by molar-refractivity contribution is 7.88. The molecule has 8 rings (SSSR count). The highest BCUT2D eigenvalue weighted by Crippen LogP contribution is 2.49. The minimum absolute atomic E-state index is 0.0306. The van der Waals surface area contributed by atoms with Crippen LogP contribution in [0.25, 0.3) is 53.9 Å². The average molecular weight is 1050 g/mol. The summed E-state index contributed by atoms with van der Waals surface area (Å²) in [6, 6.07) is 13.5. The summed E-state index contributed by atoms with van der Waals surface area (Å²) in [5, 5.41) is -3.99. The molecule has 0 N–H and O–H groups in total. The normalized spacial score (nSPS) is 14.4. The summed E-state index contributed by atoms with van der Waals surface area (Å²) in [6.07, 6.45) is 0. The van der Waals surface area contributed by atoms with Crippen LogP contribution in [-0.2, 0) is 40.5 Å². The van der Waals surface area contributed by atoms with E-state index in [-0.39, 0.29) is 57.3 Å². The Hall–Kier alpha value is -6.66. The first kappa shape index (κ1) is 47.8. The molecule has 0 unspecified atom stereocenters. The van der Waals surface area contributed by atoms with E-state index in [4.69, 9.17) is 0 Å². The third-order valence-corrected chi connectivity index (χ3v) is 13.8. The van der Waals surface area contributed by atoms with Gasteiger partial charge in [0.15, 0.2) is 34.6 Å². The summed E-state index contributed by atoms with van der Waals surface area (Å²) in [6.45, 7) is 0. The van der Waals surface area contributed by atoms with Crippen LogP contribution >= 0.6 is 0 Å². The lowest BCUT2D eigenvalue weighted by molar-refractivity contribution is -0.0513. The van der Waals surface area contributed by atoms with E-state index in [1.54, 1.807) is 24.3 Å². The van der Waals surface area contributed by atoms with Gasteiger partial charge >= 0.3 is 62.5 Å². The second-order valence-electron chi connectivity index (χ2n) is 14.2. The smallest absolute Gasteiger partial charge is 0.372 e. The van der Waals surface area contributed by atoms with E-state index in [0.29, 0.717) is 10.8 Å². The second kappa shape index (κ2) is 14.9. The number of carbonyl (C=O) groups is 2. The third-order valence-electron chi connectivity index (χ3n) is 9.95. The molecule has 0 saturated carbocycles. The summed E-state index contributed by atoms with van der Waals surface area (Å²) in [7, 11) is -28.0. The van der Waals surface area contributed by atoms with Crippen molar-refractivity contribution in [2.75, 3.05) is 0 Å². The van der Waals surface area contributed by atoms with E-state index >= 15 is 0 Å². The number of carbonyl (C=O) groups excluding carboxylic acids is 2. The Bertz CT molecular complexity index is 3650. The van der Waals surface area contributed by atoms with Gasteiger partial charge in [-0.25, -0.2) is 0 Å². The van der Waals surface area contributed by atoms with Crippen molar-refractivity contribution in [3.8, 4) is 23.0 Å². The first-order valence-corrected chi connectivity index (χ1v) is 23.3. The van der Waals surface area contributed by atoms with Crippen molar-refractivity contribution in [3.63, 3.8) is 0 Å². The predicted octanol–water partition coefficient (Wildman–Crippen LogP) is 9.14. The molecule has 358 valence electrons. The summed E-state index contributed by atoms with van der Waals surface area (Å²) >= 11 is 0. The lowest BCUT2D eigenvalue weighted by Gasteiger charge is -2.21. The van der Waals surface area contributed by atoms with Gasteiger partial charge in [-0.3, -0.25) is 9.59 Å². The quantitative estimate of drug-likeness (QED) is 0.0457. The van der Waals surface area contributed by atoms with Crippen molar-refractivity contribution in [1.82, 2.24) is 0 Å². The number of rotatable bonds is 8. The molecule has 7 aromatic rings. The summed E-state index contributed by atoms with van der Waals surface area (Å²) in [5.74, 6) is -9.66. The van der Waals surface area contributed by atoms with E-state index in [1.165, 1.54) is 12.1 Å². The fourth-order valence-corrected chi connectivity index (χ4v) is 8.86. The van der Waals surface area contributed by atoms with Crippen molar-refractivity contribution in [1.29, 1.82) is 0 Å². The molecule has 1 aliphatic rings. The molecule has 68 heavy (non-hydrogen) atoms. The molecule has 0 heterocycles. The third kappa shape index (κ3) is 7.86. The van der Waals surface area contributed by atoms with Crippen molar-refractivity contribution in [3.05, 3.63) is 107 Å². The number of halogens is 12. The van der Waals surface area contributed by atoms with Gasteiger partial charge in [0.25, 0.3) is 0 Å². The molecule has 7 aromatic carbocycles. The Morgan fingerprint density at radius 3 is 0.735 bits per heavy atom. The number of hydrogen-bond acceptors (Lipinski definition) is 14. The fourth-order valence-electron chi connectivity index (χ4n) is 7.01. The number of fused-ring (bicyclic) bond motifs is 10. The Morgan fingerprint density at radius 1 is 0.309 bits per heavy atom. The molecule has 0 spiro atoms. The van der Waals surface area contributed by atoms with Gasteiger partial charge in [-0.15, -0.1) is 0 Å². The van der Waals surface area contributed by atoms with Crippen molar-refractivity contribution in [2.24, 2.45) is 0 Å². The van der Waals surface area contributed by atoms with Crippen LogP contribution in [0.3, 0.4) is 0 Å². The van der Waals surface area contributed by atoms with Crippen LogP contribution < -0.4 is 16.7 Å². The Labute approximate surface area is 369 Å². The molecule has 0 atom stereocenters. The van der Waals surface area contributed by atoms with Crippen molar-refractivity contribution >= 4 is 106 Å². The largest absolute Gasteiger partial charge is 0.534 e. The van der Waals surface area contributed by atoms with Crippen molar-refractivity contribution in [2.45, 2.75) is 22.0 Å². The van der Waals surface area contributed by atoms with Crippen LogP contribution in [0.4, 0.5) is 52.7 Å². The Kier molecular flexibility index (Phi) is 10.5. The Morgan fingerprint density at radius 2 is 0.515 bits per heavy atom. The molecule has 0 saturated heterocycles. The lowest BCUT2D eigenvalue weighted by atomic mass is 9.81. The van der Waals surface area contributed by atoms with Crippen LogP contribution in [0, 0.1) is 0 Å². The second-order valence-corrected chi connectivity index (χ2v) is 20.3.